The molecule has 126 valence electrons. The molecule has 0 aliphatic rings. The second-order valence-electron chi connectivity index (χ2n) is 5.35. The fourth-order valence-corrected chi connectivity index (χ4v) is 2.63. The first-order valence-electron chi connectivity index (χ1n) is 7.71. The van der Waals surface area contributed by atoms with E-state index in [9.17, 15) is 4.79 Å². The van der Waals surface area contributed by atoms with Gasteiger partial charge in [-0.3, -0.25) is 9.78 Å². The summed E-state index contributed by atoms with van der Waals surface area (Å²) in [6, 6.07) is 13.4. The van der Waals surface area contributed by atoms with E-state index < -0.39 is 0 Å². The first-order chi connectivity index (χ1) is 12.2. The van der Waals surface area contributed by atoms with Crippen molar-refractivity contribution in [2.45, 2.75) is 0 Å². The van der Waals surface area contributed by atoms with E-state index in [1.165, 1.54) is 6.08 Å². The predicted octanol–water partition coefficient (Wildman–Crippen LogP) is 4.04. The Balaban J connectivity index is 2.18. The summed E-state index contributed by atoms with van der Waals surface area (Å²) in [5.41, 5.74) is 2.30. The van der Waals surface area contributed by atoms with E-state index in [1.807, 2.05) is 36.4 Å². The highest BCUT2D eigenvalue weighted by molar-refractivity contribution is 6.08. The third-order valence-corrected chi connectivity index (χ3v) is 3.90. The lowest BCUT2D eigenvalue weighted by molar-refractivity contribution is -0.111. The van der Waals surface area contributed by atoms with Gasteiger partial charge in [-0.15, -0.1) is 0 Å². The number of nitrogens with zero attached hydrogens (tertiary/aromatic N) is 1. The Morgan fingerprint density at radius 2 is 1.92 bits per heavy atom. The third kappa shape index (κ3) is 3.30. The van der Waals surface area contributed by atoms with Crippen molar-refractivity contribution in [2.24, 2.45) is 0 Å². The van der Waals surface area contributed by atoms with Crippen molar-refractivity contribution in [1.29, 1.82) is 0 Å². The number of nitrogens with one attached hydrogen (secondary N) is 1. The smallest absolute Gasteiger partial charge is 0.247 e. The number of carbonyl (C=O) groups is 1. The summed E-state index contributed by atoms with van der Waals surface area (Å²) in [5.74, 6) is 1.02. The topological polar surface area (TPSA) is 60.5 Å². The predicted molar refractivity (Wildman–Crippen MR) is 99.1 cm³/mol. The Morgan fingerprint density at radius 1 is 1.12 bits per heavy atom. The quantitative estimate of drug-likeness (QED) is 0.715. The largest absolute Gasteiger partial charge is 0.497 e. The summed E-state index contributed by atoms with van der Waals surface area (Å²) in [5, 5.41) is 4.66. The molecule has 0 unspecified atom stereocenters. The van der Waals surface area contributed by atoms with Crippen LogP contribution in [-0.2, 0) is 4.79 Å². The van der Waals surface area contributed by atoms with E-state index in [-0.39, 0.29) is 5.91 Å². The first-order valence-corrected chi connectivity index (χ1v) is 7.71. The van der Waals surface area contributed by atoms with Gasteiger partial charge >= 0.3 is 0 Å². The molecule has 0 aliphatic heterocycles. The highest BCUT2D eigenvalue weighted by Crippen LogP contribution is 2.35. The highest BCUT2D eigenvalue weighted by Gasteiger charge is 2.12. The number of amides is 1. The van der Waals surface area contributed by atoms with Crippen molar-refractivity contribution in [3.8, 4) is 22.8 Å². The number of benzene rings is 2. The molecule has 5 nitrogen and oxygen atoms in total. The zero-order chi connectivity index (χ0) is 17.8. The zero-order valence-electron chi connectivity index (χ0n) is 14.1. The van der Waals surface area contributed by atoms with E-state index in [2.05, 4.69) is 16.9 Å². The van der Waals surface area contributed by atoms with E-state index in [4.69, 9.17) is 9.47 Å². The second kappa shape index (κ2) is 7.05. The summed E-state index contributed by atoms with van der Waals surface area (Å²) >= 11 is 0. The SMILES string of the molecule is C=CC(=O)Nc1c(OC)ccc2ccc(-c3cc(OC)ccn3)cc12. The molecule has 5 heteroatoms. The minimum atomic E-state index is -0.296. The molecule has 0 atom stereocenters. The number of pyridine rings is 1. The molecule has 0 saturated carbocycles. The molecule has 25 heavy (non-hydrogen) atoms. The van der Waals surface area contributed by atoms with Gasteiger partial charge < -0.3 is 14.8 Å². The van der Waals surface area contributed by atoms with Crippen LogP contribution in [0.25, 0.3) is 22.0 Å². The lowest BCUT2D eigenvalue weighted by Crippen LogP contribution is -2.09. The average Bonchev–Trinajstić information content (AvgIpc) is 2.67. The molecule has 3 aromatic rings. The van der Waals surface area contributed by atoms with Gasteiger partial charge in [-0.25, -0.2) is 0 Å². The van der Waals surface area contributed by atoms with Crippen LogP contribution in [0.1, 0.15) is 0 Å². The van der Waals surface area contributed by atoms with Gasteiger partial charge in [0.05, 0.1) is 25.6 Å². The normalized spacial score (nSPS) is 10.3. The molecule has 0 spiro atoms. The molecular formula is C20H18N2O3. The van der Waals surface area contributed by atoms with E-state index in [0.717, 1.165) is 27.8 Å². The Kier molecular flexibility index (Phi) is 4.66. The van der Waals surface area contributed by atoms with E-state index in [0.29, 0.717) is 11.4 Å². The lowest BCUT2D eigenvalue weighted by Gasteiger charge is -2.13. The molecule has 1 amide bonds. The van der Waals surface area contributed by atoms with Gasteiger partial charge in [0, 0.05) is 23.2 Å². The van der Waals surface area contributed by atoms with Crippen LogP contribution in [0.15, 0.2) is 61.3 Å². The average molecular weight is 334 g/mol. The first kappa shape index (κ1) is 16.5. The van der Waals surface area contributed by atoms with Crippen LogP contribution in [0.3, 0.4) is 0 Å². The third-order valence-electron chi connectivity index (χ3n) is 3.90. The molecule has 1 N–H and O–H groups in total. The monoisotopic (exact) mass is 334 g/mol. The molecular weight excluding hydrogens is 316 g/mol. The summed E-state index contributed by atoms with van der Waals surface area (Å²) in [4.78, 5) is 16.2. The number of anilines is 1. The van der Waals surface area contributed by atoms with Crippen molar-refractivity contribution in [3.63, 3.8) is 0 Å². The van der Waals surface area contributed by atoms with Gasteiger partial charge in [-0.05, 0) is 29.7 Å². The Labute approximate surface area is 145 Å². The number of aromatic nitrogens is 1. The van der Waals surface area contributed by atoms with Crippen molar-refractivity contribution < 1.29 is 14.3 Å². The van der Waals surface area contributed by atoms with Crippen molar-refractivity contribution in [2.75, 3.05) is 19.5 Å². The molecule has 1 aromatic heterocycles. The minimum Gasteiger partial charge on any atom is -0.497 e. The highest BCUT2D eigenvalue weighted by atomic mass is 16.5. The van der Waals surface area contributed by atoms with Crippen LogP contribution in [0.5, 0.6) is 11.5 Å². The molecule has 0 fully saturated rings. The molecule has 1 heterocycles. The van der Waals surface area contributed by atoms with Crippen LogP contribution >= 0.6 is 0 Å². The Morgan fingerprint density at radius 3 is 2.64 bits per heavy atom. The van der Waals surface area contributed by atoms with Gasteiger partial charge in [0.15, 0.2) is 0 Å². The summed E-state index contributed by atoms with van der Waals surface area (Å²) < 4.78 is 10.7. The lowest BCUT2D eigenvalue weighted by atomic mass is 10.0. The Hall–Kier alpha value is -3.34. The molecule has 2 aromatic carbocycles. The molecule has 0 saturated heterocycles. The maximum absolute atomic E-state index is 11.8. The van der Waals surface area contributed by atoms with Gasteiger partial charge in [-0.2, -0.15) is 0 Å². The summed E-state index contributed by atoms with van der Waals surface area (Å²) in [7, 11) is 3.19. The number of hydrogen-bond donors (Lipinski definition) is 1. The number of ether oxygens (including phenoxy) is 2. The summed E-state index contributed by atoms with van der Waals surface area (Å²) in [6.07, 6.45) is 2.93. The molecule has 0 bridgehead atoms. The van der Waals surface area contributed by atoms with E-state index >= 15 is 0 Å². The maximum atomic E-state index is 11.8. The zero-order valence-corrected chi connectivity index (χ0v) is 14.1. The van der Waals surface area contributed by atoms with Gasteiger partial charge in [0.1, 0.15) is 11.5 Å². The number of fused-ring (bicyclic) bond motifs is 1. The number of methoxy groups -OCH3 is 2. The Bertz CT molecular complexity index is 951. The number of hydrogen-bond acceptors (Lipinski definition) is 4. The minimum absolute atomic E-state index is 0.296. The van der Waals surface area contributed by atoms with Crippen LogP contribution in [0.4, 0.5) is 5.69 Å². The van der Waals surface area contributed by atoms with Crippen LogP contribution in [0.2, 0.25) is 0 Å². The van der Waals surface area contributed by atoms with E-state index in [1.54, 1.807) is 26.5 Å². The maximum Gasteiger partial charge on any atom is 0.247 e. The fraction of sp³-hybridized carbons (Fsp3) is 0.100. The van der Waals surface area contributed by atoms with Gasteiger partial charge in [-0.1, -0.05) is 24.8 Å². The molecule has 0 radical (unpaired) electrons. The second-order valence-corrected chi connectivity index (χ2v) is 5.35. The van der Waals surface area contributed by atoms with Crippen LogP contribution in [-0.4, -0.2) is 25.1 Å². The molecule has 3 rings (SSSR count). The number of carbonyl (C=O) groups excluding carboxylic acids is 1. The van der Waals surface area contributed by atoms with Crippen molar-refractivity contribution >= 4 is 22.4 Å². The van der Waals surface area contributed by atoms with Crippen LogP contribution in [0, 0.1) is 0 Å². The van der Waals surface area contributed by atoms with Crippen LogP contribution < -0.4 is 14.8 Å². The standard InChI is InChI=1S/C20H18N2O3/c1-4-19(23)22-20-16-11-14(17-12-15(24-2)9-10-21-17)6-5-13(16)7-8-18(20)25-3/h4-12H,1H2,2-3H3,(H,22,23). The van der Waals surface area contributed by atoms with Crippen molar-refractivity contribution in [1.82, 2.24) is 4.98 Å². The van der Waals surface area contributed by atoms with Gasteiger partial charge in [0.25, 0.3) is 0 Å². The summed E-state index contributed by atoms with van der Waals surface area (Å²) in [6.45, 7) is 3.50. The number of rotatable bonds is 5. The van der Waals surface area contributed by atoms with Crippen molar-refractivity contribution in [3.05, 3.63) is 61.3 Å². The van der Waals surface area contributed by atoms with Gasteiger partial charge in [0.2, 0.25) is 5.91 Å². The fourth-order valence-electron chi connectivity index (χ4n) is 2.63. The molecule has 0 aliphatic carbocycles.